The average molecular weight is 387 g/mol. The lowest BCUT2D eigenvalue weighted by atomic mass is 9.96. The van der Waals surface area contributed by atoms with Crippen LogP contribution >= 0.6 is 0 Å². The summed E-state index contributed by atoms with van der Waals surface area (Å²) in [4.78, 5) is 41.7. The monoisotopic (exact) mass is 387 g/mol. The highest BCUT2D eigenvalue weighted by molar-refractivity contribution is 5.91. The van der Waals surface area contributed by atoms with E-state index in [1.807, 2.05) is 24.3 Å². The van der Waals surface area contributed by atoms with Gasteiger partial charge in [0.2, 0.25) is 5.91 Å². The Morgan fingerprint density at radius 2 is 1.96 bits per heavy atom. The number of amides is 2. The summed E-state index contributed by atoms with van der Waals surface area (Å²) in [7, 11) is 1.30. The highest BCUT2D eigenvalue weighted by Crippen LogP contribution is 2.30. The number of para-hydroxylation sites is 1. The predicted octanol–water partition coefficient (Wildman–Crippen LogP) is 2.12. The number of hydrogen-bond acceptors (Lipinski definition) is 5. The van der Waals surface area contributed by atoms with E-state index in [1.165, 1.54) is 12.0 Å². The number of aromatic nitrogens is 1. The van der Waals surface area contributed by atoms with Crippen molar-refractivity contribution >= 4 is 28.9 Å². The third kappa shape index (κ3) is 4.11. The van der Waals surface area contributed by atoms with Crippen LogP contribution in [-0.2, 0) is 32.0 Å². The number of fused-ring (bicyclic) bond motifs is 3. The van der Waals surface area contributed by atoms with Gasteiger partial charge in [-0.25, -0.2) is 9.59 Å². The Morgan fingerprint density at radius 1 is 1.25 bits per heavy atom. The van der Waals surface area contributed by atoms with Crippen molar-refractivity contribution < 1.29 is 23.9 Å². The molecule has 150 valence electrons. The first-order chi connectivity index (χ1) is 13.2. The number of esters is 1. The summed E-state index contributed by atoms with van der Waals surface area (Å²) < 4.78 is 10.1. The van der Waals surface area contributed by atoms with E-state index < -0.39 is 23.7 Å². The van der Waals surface area contributed by atoms with Crippen LogP contribution in [0.25, 0.3) is 10.9 Å². The first kappa shape index (κ1) is 19.7. The van der Waals surface area contributed by atoms with Crippen molar-refractivity contribution in [1.82, 2.24) is 15.2 Å². The molecule has 1 aromatic heterocycles. The molecule has 0 aliphatic carbocycles. The normalized spacial score (nSPS) is 16.4. The van der Waals surface area contributed by atoms with Gasteiger partial charge in [0.05, 0.1) is 13.7 Å². The van der Waals surface area contributed by atoms with Gasteiger partial charge >= 0.3 is 12.1 Å². The molecule has 8 nitrogen and oxygen atoms in total. The van der Waals surface area contributed by atoms with Crippen LogP contribution in [0.1, 0.15) is 32.0 Å². The van der Waals surface area contributed by atoms with Gasteiger partial charge in [0, 0.05) is 23.0 Å². The number of hydrogen-bond donors (Lipinski definition) is 2. The third-order valence-corrected chi connectivity index (χ3v) is 4.58. The largest absolute Gasteiger partial charge is 0.467 e. The van der Waals surface area contributed by atoms with Gasteiger partial charge in [0.25, 0.3) is 0 Å². The quantitative estimate of drug-likeness (QED) is 0.786. The van der Waals surface area contributed by atoms with E-state index in [-0.39, 0.29) is 19.0 Å². The molecule has 1 aliphatic rings. The third-order valence-electron chi connectivity index (χ3n) is 4.58. The van der Waals surface area contributed by atoms with Crippen LogP contribution < -0.4 is 5.32 Å². The predicted molar refractivity (Wildman–Crippen MR) is 103 cm³/mol. The molecule has 2 N–H and O–H groups in total. The number of carbonyl (C=O) groups excluding carboxylic acids is 3. The molecule has 2 aromatic rings. The molecular formula is C20H25N3O5. The standard InChI is InChI=1S/C20H25N3O5/c1-20(2,3)28-19(26)21-10-17(24)23-11-15-13(9-16(23)18(25)27-4)12-7-5-6-8-14(12)22-15/h5-8,16,22H,9-11H2,1-4H3,(H,21,26)/t16-/m0/s1. The van der Waals surface area contributed by atoms with Crippen molar-refractivity contribution in [2.75, 3.05) is 13.7 Å². The molecule has 2 amide bonds. The van der Waals surface area contributed by atoms with E-state index in [0.717, 1.165) is 22.2 Å². The van der Waals surface area contributed by atoms with Crippen LogP contribution in [0.2, 0.25) is 0 Å². The summed E-state index contributed by atoms with van der Waals surface area (Å²) in [5.41, 5.74) is 2.19. The Balaban J connectivity index is 1.79. The van der Waals surface area contributed by atoms with E-state index in [0.29, 0.717) is 6.42 Å². The van der Waals surface area contributed by atoms with Crippen LogP contribution in [0.4, 0.5) is 4.79 Å². The number of benzene rings is 1. The van der Waals surface area contributed by atoms with Crippen molar-refractivity contribution in [3.63, 3.8) is 0 Å². The highest BCUT2D eigenvalue weighted by Gasteiger charge is 2.37. The summed E-state index contributed by atoms with van der Waals surface area (Å²) in [6.45, 7) is 5.19. The zero-order chi connectivity index (χ0) is 20.5. The average Bonchev–Trinajstić information content (AvgIpc) is 3.00. The fourth-order valence-corrected chi connectivity index (χ4v) is 3.38. The summed E-state index contributed by atoms with van der Waals surface area (Å²) in [5, 5.41) is 3.48. The zero-order valence-electron chi connectivity index (χ0n) is 16.5. The molecule has 0 bridgehead atoms. The fourth-order valence-electron chi connectivity index (χ4n) is 3.38. The van der Waals surface area contributed by atoms with Crippen LogP contribution in [0.3, 0.4) is 0 Å². The number of ether oxygens (including phenoxy) is 2. The molecule has 1 aromatic carbocycles. The molecule has 0 saturated carbocycles. The molecule has 0 unspecified atom stereocenters. The summed E-state index contributed by atoms with van der Waals surface area (Å²) >= 11 is 0. The number of rotatable bonds is 3. The van der Waals surface area contributed by atoms with Gasteiger partial charge < -0.3 is 24.7 Å². The molecule has 0 saturated heterocycles. The second-order valence-corrected chi connectivity index (χ2v) is 7.75. The number of nitrogens with one attached hydrogen (secondary N) is 2. The maximum atomic E-state index is 12.8. The first-order valence-corrected chi connectivity index (χ1v) is 9.12. The van der Waals surface area contributed by atoms with Crippen LogP contribution in [0, 0.1) is 0 Å². The molecule has 1 atom stereocenters. The van der Waals surface area contributed by atoms with E-state index in [4.69, 9.17) is 9.47 Å². The summed E-state index contributed by atoms with van der Waals surface area (Å²) in [5.74, 6) is -0.868. The molecule has 1 aliphatic heterocycles. The van der Waals surface area contributed by atoms with Crippen LogP contribution in [0.15, 0.2) is 24.3 Å². The van der Waals surface area contributed by atoms with Gasteiger partial charge in [-0.3, -0.25) is 4.79 Å². The smallest absolute Gasteiger partial charge is 0.408 e. The van der Waals surface area contributed by atoms with E-state index >= 15 is 0 Å². The van der Waals surface area contributed by atoms with Crippen molar-refractivity contribution in [2.24, 2.45) is 0 Å². The van der Waals surface area contributed by atoms with Gasteiger partial charge in [-0.05, 0) is 32.4 Å². The topological polar surface area (TPSA) is 101 Å². The van der Waals surface area contributed by atoms with Crippen molar-refractivity contribution in [1.29, 1.82) is 0 Å². The Labute approximate surface area is 163 Å². The lowest BCUT2D eigenvalue weighted by molar-refractivity contribution is -0.153. The van der Waals surface area contributed by atoms with Gasteiger partial charge in [-0.15, -0.1) is 0 Å². The molecule has 28 heavy (non-hydrogen) atoms. The van der Waals surface area contributed by atoms with Crippen molar-refractivity contribution in [3.05, 3.63) is 35.5 Å². The Bertz CT molecular complexity index is 912. The lowest BCUT2D eigenvalue weighted by Gasteiger charge is -2.34. The number of carbonyl (C=O) groups is 3. The van der Waals surface area contributed by atoms with Crippen molar-refractivity contribution in [2.45, 2.75) is 45.4 Å². The van der Waals surface area contributed by atoms with E-state index in [2.05, 4.69) is 10.3 Å². The maximum Gasteiger partial charge on any atom is 0.408 e. The maximum absolute atomic E-state index is 12.8. The zero-order valence-corrected chi connectivity index (χ0v) is 16.5. The molecule has 0 radical (unpaired) electrons. The Morgan fingerprint density at radius 3 is 2.64 bits per heavy atom. The lowest BCUT2D eigenvalue weighted by Crippen LogP contribution is -2.52. The molecule has 2 heterocycles. The second kappa shape index (κ2) is 7.53. The molecule has 8 heteroatoms. The Hall–Kier alpha value is -3.03. The minimum atomic E-state index is -0.746. The molecule has 0 spiro atoms. The molecular weight excluding hydrogens is 362 g/mol. The Kier molecular flexibility index (Phi) is 5.31. The number of aromatic amines is 1. The SMILES string of the molecule is COC(=O)[C@@H]1Cc2c([nH]c3ccccc23)CN1C(=O)CNC(=O)OC(C)(C)C. The highest BCUT2D eigenvalue weighted by atomic mass is 16.6. The minimum absolute atomic E-state index is 0.235. The van der Waals surface area contributed by atoms with Gasteiger partial charge in [-0.2, -0.15) is 0 Å². The number of alkyl carbamates (subject to hydrolysis) is 1. The van der Waals surface area contributed by atoms with Gasteiger partial charge in [0.1, 0.15) is 18.2 Å². The minimum Gasteiger partial charge on any atom is -0.467 e. The van der Waals surface area contributed by atoms with E-state index in [1.54, 1.807) is 20.8 Å². The number of nitrogens with zero attached hydrogens (tertiary/aromatic N) is 1. The molecule has 0 fully saturated rings. The summed E-state index contributed by atoms with van der Waals surface area (Å²) in [6, 6.07) is 7.06. The number of H-pyrrole nitrogens is 1. The first-order valence-electron chi connectivity index (χ1n) is 9.12. The summed E-state index contributed by atoms with van der Waals surface area (Å²) in [6.07, 6.45) is -0.330. The van der Waals surface area contributed by atoms with Crippen LogP contribution in [0.5, 0.6) is 0 Å². The van der Waals surface area contributed by atoms with Crippen LogP contribution in [-0.4, -0.2) is 53.2 Å². The van der Waals surface area contributed by atoms with Gasteiger partial charge in [0.15, 0.2) is 0 Å². The van der Waals surface area contributed by atoms with Crippen molar-refractivity contribution in [3.8, 4) is 0 Å². The number of methoxy groups -OCH3 is 1. The van der Waals surface area contributed by atoms with Gasteiger partial charge in [-0.1, -0.05) is 18.2 Å². The fraction of sp³-hybridized carbons (Fsp3) is 0.450. The molecule has 3 rings (SSSR count). The second-order valence-electron chi connectivity index (χ2n) is 7.75. The van der Waals surface area contributed by atoms with E-state index in [9.17, 15) is 14.4 Å².